The second-order valence-corrected chi connectivity index (χ2v) is 4.37. The van der Waals surface area contributed by atoms with Crippen LogP contribution in [0.3, 0.4) is 0 Å². The number of nitriles is 1. The van der Waals surface area contributed by atoms with Gasteiger partial charge in [0.2, 0.25) is 0 Å². The normalized spacial score (nSPS) is 9.56. The number of nitrogens with one attached hydrogen (secondary N) is 1. The number of carbonyl (C=O) groups excluding carboxylic acids is 1. The third kappa shape index (κ3) is 2.34. The second-order valence-electron chi connectivity index (χ2n) is 3.43. The van der Waals surface area contributed by atoms with E-state index >= 15 is 0 Å². The van der Waals surface area contributed by atoms with Gasteiger partial charge in [-0.05, 0) is 23.6 Å². The topological polar surface area (TPSA) is 62.1 Å². The van der Waals surface area contributed by atoms with E-state index in [0.29, 0.717) is 21.9 Å². The minimum absolute atomic E-state index is 0.244. The number of ether oxygens (including phenoxy) is 1. The molecule has 0 aliphatic rings. The highest BCUT2D eigenvalue weighted by Crippen LogP contribution is 2.28. The lowest BCUT2D eigenvalue weighted by Crippen LogP contribution is -2.12. The van der Waals surface area contributed by atoms with Crippen molar-refractivity contribution in [3.05, 3.63) is 46.2 Å². The third-order valence-corrected chi connectivity index (χ3v) is 3.22. The van der Waals surface area contributed by atoms with Crippen molar-refractivity contribution >= 4 is 22.9 Å². The Labute approximate surface area is 108 Å². The Kier molecular flexibility index (Phi) is 3.60. The Morgan fingerprint density at radius 3 is 2.83 bits per heavy atom. The van der Waals surface area contributed by atoms with Gasteiger partial charge in [-0.15, -0.1) is 11.3 Å². The summed E-state index contributed by atoms with van der Waals surface area (Å²) in [5.74, 6) is 0.227. The van der Waals surface area contributed by atoms with Gasteiger partial charge in [-0.2, -0.15) is 5.26 Å². The molecule has 1 N–H and O–H groups in total. The van der Waals surface area contributed by atoms with E-state index < -0.39 is 0 Å². The Bertz CT molecular complexity index is 600. The number of benzene rings is 1. The molecule has 0 aliphatic heterocycles. The SMILES string of the molecule is COc1cccc(C#N)c1NC(=O)c1cccs1. The van der Waals surface area contributed by atoms with E-state index in [0.717, 1.165) is 0 Å². The first-order valence-electron chi connectivity index (χ1n) is 5.18. The maximum Gasteiger partial charge on any atom is 0.265 e. The predicted molar refractivity (Wildman–Crippen MR) is 70.0 cm³/mol. The van der Waals surface area contributed by atoms with E-state index in [-0.39, 0.29) is 5.91 Å². The molecule has 2 rings (SSSR count). The third-order valence-electron chi connectivity index (χ3n) is 2.35. The zero-order valence-corrected chi connectivity index (χ0v) is 10.5. The number of amides is 1. The number of thiophene rings is 1. The number of hydrogen-bond donors (Lipinski definition) is 1. The highest BCUT2D eigenvalue weighted by molar-refractivity contribution is 7.12. The fraction of sp³-hybridized carbons (Fsp3) is 0.0769. The molecule has 5 heteroatoms. The molecule has 0 unspecified atom stereocenters. The number of anilines is 1. The lowest BCUT2D eigenvalue weighted by atomic mass is 10.1. The van der Waals surface area contributed by atoms with Gasteiger partial charge in [-0.25, -0.2) is 0 Å². The van der Waals surface area contributed by atoms with Gasteiger partial charge in [0.1, 0.15) is 17.5 Å². The van der Waals surface area contributed by atoms with Crippen LogP contribution < -0.4 is 10.1 Å². The monoisotopic (exact) mass is 258 g/mol. The van der Waals surface area contributed by atoms with Crippen molar-refractivity contribution in [1.82, 2.24) is 0 Å². The Hall–Kier alpha value is -2.32. The molecule has 0 bridgehead atoms. The summed E-state index contributed by atoms with van der Waals surface area (Å²) >= 11 is 1.34. The van der Waals surface area contributed by atoms with Gasteiger partial charge in [0, 0.05) is 0 Å². The van der Waals surface area contributed by atoms with Gasteiger partial charge in [0.15, 0.2) is 0 Å². The summed E-state index contributed by atoms with van der Waals surface area (Å²) in [7, 11) is 1.50. The summed E-state index contributed by atoms with van der Waals surface area (Å²) in [6.07, 6.45) is 0. The van der Waals surface area contributed by atoms with E-state index in [1.54, 1.807) is 30.3 Å². The van der Waals surface area contributed by atoms with E-state index in [1.165, 1.54) is 18.4 Å². The van der Waals surface area contributed by atoms with Gasteiger partial charge in [0.05, 0.1) is 17.6 Å². The van der Waals surface area contributed by atoms with Crippen LogP contribution in [0.1, 0.15) is 15.2 Å². The molecule has 4 nitrogen and oxygen atoms in total. The quantitative estimate of drug-likeness (QED) is 0.920. The molecular weight excluding hydrogens is 248 g/mol. The van der Waals surface area contributed by atoms with Crippen molar-refractivity contribution in [2.24, 2.45) is 0 Å². The molecule has 90 valence electrons. The van der Waals surface area contributed by atoms with Gasteiger partial charge in [-0.1, -0.05) is 12.1 Å². The summed E-state index contributed by atoms with van der Waals surface area (Å²) in [6.45, 7) is 0. The number of nitrogens with zero attached hydrogens (tertiary/aromatic N) is 1. The molecule has 0 atom stereocenters. The maximum absolute atomic E-state index is 11.9. The first kappa shape index (κ1) is 12.1. The standard InChI is InChI=1S/C13H10N2O2S/c1-17-10-5-2-4-9(8-14)12(10)15-13(16)11-6-3-7-18-11/h2-7H,1H3,(H,15,16). The van der Waals surface area contributed by atoms with Crippen molar-refractivity contribution < 1.29 is 9.53 Å². The molecule has 0 saturated heterocycles. The van der Waals surface area contributed by atoms with Gasteiger partial charge in [0.25, 0.3) is 5.91 Å². The zero-order chi connectivity index (χ0) is 13.0. The van der Waals surface area contributed by atoms with E-state index in [1.807, 2.05) is 11.4 Å². The minimum Gasteiger partial charge on any atom is -0.495 e. The molecule has 1 aromatic heterocycles. The molecule has 0 radical (unpaired) electrons. The Morgan fingerprint density at radius 2 is 2.22 bits per heavy atom. The first-order chi connectivity index (χ1) is 8.76. The molecule has 2 aromatic rings. The van der Waals surface area contributed by atoms with Gasteiger partial charge < -0.3 is 10.1 Å². The summed E-state index contributed by atoms with van der Waals surface area (Å²) in [5, 5.41) is 13.6. The maximum atomic E-state index is 11.9. The minimum atomic E-state index is -0.244. The lowest BCUT2D eigenvalue weighted by molar-refractivity contribution is 0.103. The molecule has 1 amide bonds. The average Bonchev–Trinajstić information content (AvgIpc) is 2.93. The summed E-state index contributed by atoms with van der Waals surface area (Å²) in [5.41, 5.74) is 0.778. The van der Waals surface area contributed by atoms with Crippen molar-refractivity contribution in [2.45, 2.75) is 0 Å². The van der Waals surface area contributed by atoms with Crippen molar-refractivity contribution in [1.29, 1.82) is 5.26 Å². The number of para-hydroxylation sites is 1. The van der Waals surface area contributed by atoms with Crippen LogP contribution in [0.4, 0.5) is 5.69 Å². The van der Waals surface area contributed by atoms with Crippen LogP contribution in [0.2, 0.25) is 0 Å². The van der Waals surface area contributed by atoms with Crippen molar-refractivity contribution in [3.8, 4) is 11.8 Å². The molecule has 0 saturated carbocycles. The van der Waals surface area contributed by atoms with Crippen molar-refractivity contribution in [3.63, 3.8) is 0 Å². The number of carbonyl (C=O) groups is 1. The summed E-state index contributed by atoms with van der Waals surface area (Å²) in [4.78, 5) is 12.5. The van der Waals surface area contributed by atoms with E-state index in [4.69, 9.17) is 10.00 Å². The lowest BCUT2D eigenvalue weighted by Gasteiger charge is -2.10. The van der Waals surface area contributed by atoms with E-state index in [2.05, 4.69) is 5.32 Å². The largest absolute Gasteiger partial charge is 0.495 e. The van der Waals surface area contributed by atoms with Crippen LogP contribution in [-0.4, -0.2) is 13.0 Å². The number of rotatable bonds is 3. The van der Waals surface area contributed by atoms with Crippen LogP contribution in [0.5, 0.6) is 5.75 Å². The Balaban J connectivity index is 2.34. The van der Waals surface area contributed by atoms with Crippen LogP contribution in [0.25, 0.3) is 0 Å². The second kappa shape index (κ2) is 5.34. The van der Waals surface area contributed by atoms with Crippen LogP contribution in [0, 0.1) is 11.3 Å². The molecular formula is C13H10N2O2S. The van der Waals surface area contributed by atoms with Gasteiger partial charge >= 0.3 is 0 Å². The predicted octanol–water partition coefficient (Wildman–Crippen LogP) is 2.88. The molecule has 0 spiro atoms. The number of methoxy groups -OCH3 is 1. The first-order valence-corrected chi connectivity index (χ1v) is 6.06. The molecule has 1 heterocycles. The molecule has 0 fully saturated rings. The highest BCUT2D eigenvalue weighted by atomic mass is 32.1. The van der Waals surface area contributed by atoms with E-state index in [9.17, 15) is 4.79 Å². The summed E-state index contributed by atoms with van der Waals surface area (Å²) < 4.78 is 5.14. The zero-order valence-electron chi connectivity index (χ0n) is 9.64. The molecule has 0 aliphatic carbocycles. The fourth-order valence-electron chi connectivity index (χ4n) is 1.51. The summed E-state index contributed by atoms with van der Waals surface area (Å²) in [6, 6.07) is 10.6. The van der Waals surface area contributed by atoms with Gasteiger partial charge in [-0.3, -0.25) is 4.79 Å². The van der Waals surface area contributed by atoms with Crippen molar-refractivity contribution in [2.75, 3.05) is 12.4 Å². The fourth-order valence-corrected chi connectivity index (χ4v) is 2.13. The Morgan fingerprint density at radius 1 is 1.39 bits per heavy atom. The van der Waals surface area contributed by atoms with Crippen LogP contribution >= 0.6 is 11.3 Å². The molecule has 18 heavy (non-hydrogen) atoms. The highest BCUT2D eigenvalue weighted by Gasteiger charge is 2.13. The smallest absolute Gasteiger partial charge is 0.265 e. The van der Waals surface area contributed by atoms with Crippen LogP contribution in [-0.2, 0) is 0 Å². The average molecular weight is 258 g/mol. The molecule has 1 aromatic carbocycles. The van der Waals surface area contributed by atoms with Crippen LogP contribution in [0.15, 0.2) is 35.7 Å². The number of hydrogen-bond acceptors (Lipinski definition) is 4.